The number of carbonyl (C=O) groups excluding carboxylic acids is 1. The molecule has 1 heterocycles. The van der Waals surface area contributed by atoms with E-state index in [1.165, 1.54) is 18.4 Å². The first-order valence-electron chi connectivity index (χ1n) is 5.86. The molecule has 0 aliphatic heterocycles. The van der Waals surface area contributed by atoms with Gasteiger partial charge in [0.25, 0.3) is 0 Å². The van der Waals surface area contributed by atoms with Crippen LogP contribution >= 0.6 is 0 Å². The zero-order chi connectivity index (χ0) is 11.4. The molecular weight excluding hydrogens is 202 g/mol. The molecule has 1 saturated carbocycles. The van der Waals surface area contributed by atoms with Crippen molar-refractivity contribution in [1.82, 2.24) is 15.2 Å². The lowest BCUT2D eigenvalue weighted by molar-refractivity contribution is -0.120. The molecule has 1 aromatic heterocycles. The fraction of sp³-hybridized carbons (Fsp3) is 0.583. The number of carbonyl (C=O) groups is 1. The fourth-order valence-electron chi connectivity index (χ4n) is 1.64. The maximum Gasteiger partial charge on any atom is 0.221 e. The van der Waals surface area contributed by atoms with Crippen LogP contribution in [0.4, 0.5) is 0 Å². The first-order valence-corrected chi connectivity index (χ1v) is 5.86. The Kier molecular flexibility index (Phi) is 3.62. The van der Waals surface area contributed by atoms with Crippen molar-refractivity contribution in [3.05, 3.63) is 24.0 Å². The molecule has 1 aromatic rings. The average Bonchev–Trinajstić information content (AvgIpc) is 3.02. The molecule has 2 rings (SSSR count). The lowest BCUT2D eigenvalue weighted by atomic mass is 10.3. The highest BCUT2D eigenvalue weighted by Gasteiger charge is 2.19. The number of nitrogens with one attached hydrogen (secondary N) is 2. The summed E-state index contributed by atoms with van der Waals surface area (Å²) in [5.74, 6) is 0.0892. The lowest BCUT2D eigenvalue weighted by Crippen LogP contribution is -2.19. The largest absolute Gasteiger partial charge is 0.359 e. The lowest BCUT2D eigenvalue weighted by Gasteiger charge is -2.02. The first kappa shape index (κ1) is 11.2. The van der Waals surface area contributed by atoms with Gasteiger partial charge in [-0.15, -0.1) is 0 Å². The van der Waals surface area contributed by atoms with Crippen molar-refractivity contribution in [2.75, 3.05) is 7.05 Å². The molecule has 1 amide bonds. The summed E-state index contributed by atoms with van der Waals surface area (Å²) >= 11 is 0. The van der Waals surface area contributed by atoms with Crippen LogP contribution in [-0.2, 0) is 17.9 Å². The summed E-state index contributed by atoms with van der Waals surface area (Å²) in [7, 11) is 1.67. The standard InChI is InChI=1S/C12H19N3O/c1-13-12(16)5-7-15-6-4-10(9-15)8-14-11-2-3-11/h4,6,9,11,14H,2-3,5,7-8H2,1H3,(H,13,16). The zero-order valence-electron chi connectivity index (χ0n) is 9.70. The molecule has 0 atom stereocenters. The van der Waals surface area contributed by atoms with Crippen LogP contribution in [0.1, 0.15) is 24.8 Å². The Labute approximate surface area is 96.0 Å². The number of aromatic nitrogens is 1. The van der Waals surface area contributed by atoms with E-state index in [-0.39, 0.29) is 5.91 Å². The minimum Gasteiger partial charge on any atom is -0.359 e. The van der Waals surface area contributed by atoms with Crippen molar-refractivity contribution in [1.29, 1.82) is 0 Å². The van der Waals surface area contributed by atoms with Crippen LogP contribution in [0.25, 0.3) is 0 Å². The highest BCUT2D eigenvalue weighted by Crippen LogP contribution is 2.19. The van der Waals surface area contributed by atoms with Gasteiger partial charge in [-0.05, 0) is 24.5 Å². The number of rotatable bonds is 6. The van der Waals surface area contributed by atoms with E-state index in [1.54, 1.807) is 7.05 Å². The Hall–Kier alpha value is -1.29. The van der Waals surface area contributed by atoms with E-state index in [9.17, 15) is 4.79 Å². The van der Waals surface area contributed by atoms with Crippen molar-refractivity contribution in [3.63, 3.8) is 0 Å². The molecule has 16 heavy (non-hydrogen) atoms. The number of amides is 1. The molecule has 0 radical (unpaired) electrons. The van der Waals surface area contributed by atoms with E-state index in [4.69, 9.17) is 0 Å². The summed E-state index contributed by atoms with van der Waals surface area (Å²) in [5, 5.41) is 6.10. The van der Waals surface area contributed by atoms with Crippen LogP contribution in [0.3, 0.4) is 0 Å². The summed E-state index contributed by atoms with van der Waals surface area (Å²) < 4.78 is 2.07. The second-order valence-electron chi connectivity index (χ2n) is 4.34. The van der Waals surface area contributed by atoms with Crippen LogP contribution in [0, 0.1) is 0 Å². The maximum absolute atomic E-state index is 11.1. The van der Waals surface area contributed by atoms with Gasteiger partial charge in [-0.3, -0.25) is 4.79 Å². The van der Waals surface area contributed by atoms with Gasteiger partial charge in [0.1, 0.15) is 0 Å². The molecule has 0 unspecified atom stereocenters. The van der Waals surface area contributed by atoms with Gasteiger partial charge in [0.05, 0.1) is 0 Å². The van der Waals surface area contributed by atoms with Crippen LogP contribution < -0.4 is 10.6 Å². The van der Waals surface area contributed by atoms with E-state index in [0.717, 1.165) is 19.1 Å². The molecule has 1 fully saturated rings. The molecule has 0 aromatic carbocycles. The Balaban J connectivity index is 1.74. The van der Waals surface area contributed by atoms with Crippen molar-refractivity contribution < 1.29 is 4.79 Å². The Morgan fingerprint density at radius 3 is 3.06 bits per heavy atom. The molecule has 1 aliphatic rings. The van der Waals surface area contributed by atoms with Gasteiger partial charge in [0.2, 0.25) is 5.91 Å². The van der Waals surface area contributed by atoms with Crippen LogP contribution in [-0.4, -0.2) is 23.6 Å². The number of hydrogen-bond donors (Lipinski definition) is 2. The van der Waals surface area contributed by atoms with Gasteiger partial charge >= 0.3 is 0 Å². The van der Waals surface area contributed by atoms with E-state index in [0.29, 0.717) is 6.42 Å². The minimum atomic E-state index is 0.0892. The van der Waals surface area contributed by atoms with Gasteiger partial charge < -0.3 is 15.2 Å². The monoisotopic (exact) mass is 221 g/mol. The third-order valence-corrected chi connectivity index (χ3v) is 2.86. The van der Waals surface area contributed by atoms with Crippen molar-refractivity contribution >= 4 is 5.91 Å². The number of nitrogens with zero attached hydrogens (tertiary/aromatic N) is 1. The fourth-order valence-corrected chi connectivity index (χ4v) is 1.64. The number of aryl methyl sites for hydroxylation is 1. The molecule has 2 N–H and O–H groups in total. The van der Waals surface area contributed by atoms with E-state index in [1.807, 2.05) is 6.20 Å². The summed E-state index contributed by atoms with van der Waals surface area (Å²) in [6, 6.07) is 2.85. The van der Waals surface area contributed by atoms with Crippen LogP contribution in [0.2, 0.25) is 0 Å². The molecule has 0 saturated heterocycles. The predicted molar refractivity (Wildman–Crippen MR) is 63.0 cm³/mol. The smallest absolute Gasteiger partial charge is 0.221 e. The summed E-state index contributed by atoms with van der Waals surface area (Å²) in [6.45, 7) is 1.70. The second-order valence-corrected chi connectivity index (χ2v) is 4.34. The van der Waals surface area contributed by atoms with Gasteiger partial charge in [-0.1, -0.05) is 0 Å². The van der Waals surface area contributed by atoms with Crippen LogP contribution in [0.5, 0.6) is 0 Å². The third kappa shape index (κ3) is 3.38. The topological polar surface area (TPSA) is 46.1 Å². The Bertz CT molecular complexity index is 355. The normalized spacial score (nSPS) is 15.1. The predicted octanol–water partition coefficient (Wildman–Crippen LogP) is 0.876. The van der Waals surface area contributed by atoms with Crippen LogP contribution in [0.15, 0.2) is 18.5 Å². The van der Waals surface area contributed by atoms with Crippen molar-refractivity contribution in [3.8, 4) is 0 Å². The molecule has 88 valence electrons. The van der Waals surface area contributed by atoms with E-state index >= 15 is 0 Å². The SMILES string of the molecule is CNC(=O)CCn1ccc(CNC2CC2)c1. The molecule has 4 nitrogen and oxygen atoms in total. The second kappa shape index (κ2) is 5.16. The highest BCUT2D eigenvalue weighted by molar-refractivity contribution is 5.75. The Morgan fingerprint density at radius 1 is 1.56 bits per heavy atom. The quantitative estimate of drug-likeness (QED) is 0.749. The molecule has 1 aliphatic carbocycles. The van der Waals surface area contributed by atoms with Crippen molar-refractivity contribution in [2.45, 2.75) is 38.4 Å². The third-order valence-electron chi connectivity index (χ3n) is 2.86. The molecule has 4 heteroatoms. The molecular formula is C12H19N3O. The highest BCUT2D eigenvalue weighted by atomic mass is 16.1. The van der Waals surface area contributed by atoms with Gasteiger partial charge in [-0.2, -0.15) is 0 Å². The van der Waals surface area contributed by atoms with E-state index < -0.39 is 0 Å². The minimum absolute atomic E-state index is 0.0892. The molecule has 0 bridgehead atoms. The maximum atomic E-state index is 11.1. The molecule has 0 spiro atoms. The van der Waals surface area contributed by atoms with Gasteiger partial charge in [0.15, 0.2) is 0 Å². The zero-order valence-corrected chi connectivity index (χ0v) is 9.70. The number of hydrogen-bond acceptors (Lipinski definition) is 2. The van der Waals surface area contributed by atoms with Gasteiger partial charge in [0, 0.05) is 45.0 Å². The summed E-state index contributed by atoms with van der Waals surface area (Å²) in [6.07, 6.45) is 7.32. The average molecular weight is 221 g/mol. The van der Waals surface area contributed by atoms with E-state index in [2.05, 4.69) is 27.5 Å². The summed E-state index contributed by atoms with van der Waals surface area (Å²) in [4.78, 5) is 11.1. The van der Waals surface area contributed by atoms with Crippen molar-refractivity contribution in [2.24, 2.45) is 0 Å². The van der Waals surface area contributed by atoms with Gasteiger partial charge in [-0.25, -0.2) is 0 Å². The Morgan fingerprint density at radius 2 is 2.38 bits per heavy atom. The summed E-state index contributed by atoms with van der Waals surface area (Å²) in [5.41, 5.74) is 1.30. The first-order chi connectivity index (χ1) is 7.78.